The highest BCUT2D eigenvalue weighted by Crippen LogP contribution is 2.10. The summed E-state index contributed by atoms with van der Waals surface area (Å²) in [6, 6.07) is 0. The van der Waals surface area contributed by atoms with Gasteiger partial charge in [0, 0.05) is 0 Å². The maximum Gasteiger partial charge on any atom is 0.0758 e. The lowest BCUT2D eigenvalue weighted by Gasteiger charge is -1.99. The maximum atomic E-state index is 9.78. The Hall–Kier alpha value is -9.84. The molecule has 12 atom stereocenters. The molecule has 0 heterocycles. The largest absolute Gasteiger partial charge is 0.389 e. The Labute approximate surface area is 880 Å². The van der Waals surface area contributed by atoms with Gasteiger partial charge in [0.1, 0.15) is 0 Å². The van der Waals surface area contributed by atoms with Gasteiger partial charge >= 0.3 is 0 Å². The molecule has 0 amide bonds. The molecule has 0 fully saturated rings. The van der Waals surface area contributed by atoms with Gasteiger partial charge in [0.05, 0.1) is 73.2 Å². The van der Waals surface area contributed by atoms with Gasteiger partial charge in [-0.1, -0.05) is 566 Å². The van der Waals surface area contributed by atoms with Gasteiger partial charge in [-0.25, -0.2) is 0 Å². The summed E-state index contributed by atoms with van der Waals surface area (Å²) in [5.74, 6) is 0. The van der Waals surface area contributed by atoms with Gasteiger partial charge < -0.3 is 61.3 Å². The lowest BCUT2D eigenvalue weighted by Crippen LogP contribution is -1.98. The summed E-state index contributed by atoms with van der Waals surface area (Å²) in [6.45, 7) is 25.5. The predicted octanol–water partition coefficient (Wildman–Crippen LogP) is 32.6. The first kappa shape index (κ1) is 145. The third-order valence-electron chi connectivity index (χ3n) is 19.3. The average molecular weight is 1980 g/mol. The van der Waals surface area contributed by atoms with Crippen LogP contribution in [0, 0.1) is 0 Å². The Bertz CT molecular complexity index is 3450. The Morgan fingerprint density at radius 1 is 0.111 bits per heavy atom. The molecular formula is C132H204O12. The highest BCUT2D eigenvalue weighted by Gasteiger charge is 2.02. The first-order chi connectivity index (χ1) is 70.2. The Morgan fingerprint density at radius 3 is 0.354 bits per heavy atom. The van der Waals surface area contributed by atoms with Crippen molar-refractivity contribution in [2.75, 3.05) is 0 Å². The standard InChI is InChI=1S/6C22H34O2/c6*1-3-5-7-9-10-14-18-22(24)20-16-12-11-15-19-21(23)17-13-8-6-4-2/h7-16,19-24H,3-6,17-18H2,1-2H3;5*5,7-8,10-16,19-24H,3-4,6,9,17-18H2,1-2H3/b9-7+,12-11+,13-8-,14-10-,19-15+,20-16+;4*7-5-,12-11+,13-8-,14-10-,19-15+,20-16-;7-5-,12-11-,13-8-,14-10-,19-15+,20-16+/t21-,22-;3*21-,22+;2*21-,22-/m011100/s1. The van der Waals surface area contributed by atoms with E-state index in [4.69, 9.17) is 0 Å². The fourth-order valence-electron chi connectivity index (χ4n) is 11.1. The van der Waals surface area contributed by atoms with Gasteiger partial charge in [-0.2, -0.15) is 0 Å². The number of rotatable bonds is 78. The van der Waals surface area contributed by atoms with Crippen LogP contribution in [0.5, 0.6) is 0 Å². The molecule has 0 spiro atoms. The van der Waals surface area contributed by atoms with Crippen LogP contribution in [0.2, 0.25) is 0 Å². The van der Waals surface area contributed by atoms with E-state index in [0.717, 1.165) is 154 Å². The molecule has 804 valence electrons. The van der Waals surface area contributed by atoms with Crippen molar-refractivity contribution < 1.29 is 61.3 Å². The highest BCUT2D eigenvalue weighted by atomic mass is 16.3. The average Bonchev–Trinajstić information content (AvgIpc) is 1.05. The first-order valence-corrected chi connectivity index (χ1v) is 54.2. The molecule has 0 aliphatic carbocycles. The normalized spacial score (nSPS) is 16.0. The van der Waals surface area contributed by atoms with Gasteiger partial charge in [0.15, 0.2) is 0 Å². The fraction of sp³-hybridized carbons (Fsp3) is 0.455. The van der Waals surface area contributed by atoms with Crippen LogP contribution in [0.15, 0.2) is 437 Å². The summed E-state index contributed by atoms with van der Waals surface area (Å²) >= 11 is 0. The molecule has 0 rings (SSSR count). The second-order valence-electron chi connectivity index (χ2n) is 33.7. The molecule has 0 unspecified atom stereocenters. The molecular weight excluding hydrogens is 1780 g/mol. The van der Waals surface area contributed by atoms with E-state index in [2.05, 4.69) is 217 Å². The van der Waals surface area contributed by atoms with Crippen LogP contribution in [0.4, 0.5) is 0 Å². The number of aliphatic hydroxyl groups excluding tert-OH is 12. The molecule has 0 saturated carbocycles. The van der Waals surface area contributed by atoms with E-state index in [0.29, 0.717) is 77.0 Å². The van der Waals surface area contributed by atoms with E-state index in [1.54, 1.807) is 72.9 Å². The van der Waals surface area contributed by atoms with Crippen LogP contribution in [-0.2, 0) is 0 Å². The second-order valence-corrected chi connectivity index (χ2v) is 33.7. The molecule has 0 aliphatic rings. The third-order valence-corrected chi connectivity index (χ3v) is 19.3. The molecule has 0 radical (unpaired) electrons. The lowest BCUT2D eigenvalue weighted by atomic mass is 10.2. The Kier molecular flexibility index (Phi) is 130. The van der Waals surface area contributed by atoms with Gasteiger partial charge in [0.25, 0.3) is 0 Å². The van der Waals surface area contributed by atoms with E-state index in [9.17, 15) is 61.3 Å². The van der Waals surface area contributed by atoms with Crippen molar-refractivity contribution in [2.24, 2.45) is 0 Å². The minimum Gasteiger partial charge on any atom is -0.389 e. The summed E-state index contributed by atoms with van der Waals surface area (Å²) in [4.78, 5) is 0. The summed E-state index contributed by atoms with van der Waals surface area (Å²) in [5.41, 5.74) is 0. The maximum absolute atomic E-state index is 9.78. The minimum atomic E-state index is -0.469. The molecule has 0 aliphatic heterocycles. The Morgan fingerprint density at radius 2 is 0.222 bits per heavy atom. The highest BCUT2D eigenvalue weighted by molar-refractivity contribution is 5.21. The first-order valence-electron chi connectivity index (χ1n) is 54.2. The zero-order valence-electron chi connectivity index (χ0n) is 91.3. The third kappa shape index (κ3) is 138. The molecule has 12 heteroatoms. The smallest absolute Gasteiger partial charge is 0.0758 e. The lowest BCUT2D eigenvalue weighted by molar-refractivity contribution is 0.226. The summed E-state index contributed by atoms with van der Waals surface area (Å²) in [7, 11) is 0. The van der Waals surface area contributed by atoms with E-state index in [1.807, 2.05) is 231 Å². The van der Waals surface area contributed by atoms with E-state index in [-0.39, 0.29) is 0 Å². The van der Waals surface area contributed by atoms with Crippen LogP contribution in [0.25, 0.3) is 0 Å². The van der Waals surface area contributed by atoms with Gasteiger partial charge in [0.2, 0.25) is 0 Å². The van der Waals surface area contributed by atoms with Crippen molar-refractivity contribution in [2.45, 2.75) is 387 Å². The van der Waals surface area contributed by atoms with Crippen molar-refractivity contribution in [1.82, 2.24) is 0 Å². The van der Waals surface area contributed by atoms with Gasteiger partial charge in [-0.3, -0.25) is 0 Å². The van der Waals surface area contributed by atoms with Crippen molar-refractivity contribution in [3.05, 3.63) is 437 Å². The van der Waals surface area contributed by atoms with Crippen LogP contribution in [0.1, 0.15) is 314 Å². The van der Waals surface area contributed by atoms with Crippen LogP contribution < -0.4 is 0 Å². The van der Waals surface area contributed by atoms with Crippen molar-refractivity contribution in [3.63, 3.8) is 0 Å². The number of allylic oxidation sites excluding steroid dienone is 48. The SMILES string of the molecule is CC/C=C\C/C=C\C[C@H](O)/C=C/C=C\C=C\[C@@H](O)C/C=C\CCC.CC/C=C\C/C=C\C[C@H](O)\C=C/C=C/C=C/[C@@H](O)C/C=C\CCC.CC/C=C\C/C=C\C[C@H](O)\C=C/C=C/C=C/[C@H](O)C/C=C\CCC.CC/C=C\C/C=C\C[C@H](O)\C=C/C=C/C=C/[C@H](O)C/C=C\CCC.CC/C=C\C/C=C\C[C@H](O)\C=C/C=C/C=C/[C@H](O)C/C=C\CCC.CCC/C=C\C[C@H](O)/C=C/C=C/C=C/[C@@H](O)C/C=C\C=C\CCC. The van der Waals surface area contributed by atoms with Crippen LogP contribution in [-0.4, -0.2) is 135 Å². The monoisotopic (exact) mass is 1980 g/mol. The van der Waals surface area contributed by atoms with Gasteiger partial charge in [-0.15, -0.1) is 0 Å². The van der Waals surface area contributed by atoms with Crippen molar-refractivity contribution in [3.8, 4) is 0 Å². The zero-order chi connectivity index (χ0) is 107. The number of aliphatic hydroxyl groups is 12. The molecule has 0 aromatic rings. The minimum absolute atomic E-state index is 0.441. The summed E-state index contributed by atoms with van der Waals surface area (Å²) in [6.07, 6.45) is 167. The number of hydrogen-bond donors (Lipinski definition) is 12. The quantitative estimate of drug-likeness (QED) is 0.0201. The molecule has 12 nitrogen and oxygen atoms in total. The summed E-state index contributed by atoms with van der Waals surface area (Å²) in [5, 5.41) is 117. The van der Waals surface area contributed by atoms with Crippen molar-refractivity contribution in [1.29, 1.82) is 0 Å². The van der Waals surface area contributed by atoms with E-state index in [1.165, 1.54) is 0 Å². The fourth-order valence-corrected chi connectivity index (χ4v) is 11.1. The van der Waals surface area contributed by atoms with Crippen LogP contribution >= 0.6 is 0 Å². The van der Waals surface area contributed by atoms with Crippen LogP contribution in [0.3, 0.4) is 0 Å². The van der Waals surface area contributed by atoms with Gasteiger partial charge in [-0.05, 0) is 186 Å². The van der Waals surface area contributed by atoms with E-state index >= 15 is 0 Å². The topological polar surface area (TPSA) is 243 Å². The van der Waals surface area contributed by atoms with Crippen molar-refractivity contribution >= 4 is 0 Å². The van der Waals surface area contributed by atoms with E-state index < -0.39 is 73.2 Å². The second kappa shape index (κ2) is 129. The molecule has 12 N–H and O–H groups in total. The molecule has 144 heavy (non-hydrogen) atoms. The number of unbranched alkanes of at least 4 members (excludes halogenated alkanes) is 7. The molecule has 0 bridgehead atoms. The zero-order valence-corrected chi connectivity index (χ0v) is 91.3. The summed E-state index contributed by atoms with van der Waals surface area (Å²) < 4.78 is 0. The molecule has 0 saturated heterocycles. The number of hydrogen-bond acceptors (Lipinski definition) is 12. The molecule has 0 aromatic carbocycles. The molecule has 0 aromatic heterocycles. The Balaban J connectivity index is -0.000000397. The predicted molar refractivity (Wildman–Crippen MR) is 635 cm³/mol.